The van der Waals surface area contributed by atoms with Crippen molar-refractivity contribution in [1.29, 1.82) is 0 Å². The minimum Gasteiger partial charge on any atom is -0.379 e. The fraction of sp³-hybridized carbons (Fsp3) is 0. The number of halogens is 1. The lowest BCUT2D eigenvalue weighted by Crippen LogP contribution is -2.05. The fourth-order valence-corrected chi connectivity index (χ4v) is 2.72. The Balaban J connectivity index is 1.71. The molecule has 3 aromatic rings. The summed E-state index contributed by atoms with van der Waals surface area (Å²) in [6.45, 7) is 0. The molecule has 0 bridgehead atoms. The average molecular weight is 363 g/mol. The zero-order valence-corrected chi connectivity index (χ0v) is 13.7. The maximum atomic E-state index is 12.0. The van der Waals surface area contributed by atoms with Crippen molar-refractivity contribution in [2.45, 2.75) is 0 Å². The molecule has 0 fully saturated rings. The molecule has 1 heterocycles. The molecule has 9 heteroatoms. The quantitative estimate of drug-likeness (QED) is 0.648. The van der Waals surface area contributed by atoms with Gasteiger partial charge < -0.3 is 4.18 Å². The van der Waals surface area contributed by atoms with Crippen molar-refractivity contribution in [1.82, 2.24) is 20.2 Å². The topological polar surface area (TPSA) is 87.0 Å². The second-order valence-electron chi connectivity index (χ2n) is 4.68. The summed E-state index contributed by atoms with van der Waals surface area (Å²) >= 11 is 5.78. The van der Waals surface area contributed by atoms with E-state index < -0.39 is 10.1 Å². The van der Waals surface area contributed by atoms with Gasteiger partial charge in [-0.15, -0.1) is 5.10 Å². The molecule has 0 aliphatic rings. The summed E-state index contributed by atoms with van der Waals surface area (Å²) in [5.74, 6) is 0.188. The van der Waals surface area contributed by atoms with Gasteiger partial charge in [0.15, 0.2) is 0 Å². The van der Waals surface area contributed by atoms with Crippen molar-refractivity contribution in [2.24, 2.45) is 0 Å². The van der Waals surface area contributed by atoms with Gasteiger partial charge >= 0.3 is 10.1 Å². The van der Waals surface area contributed by atoms with Crippen LogP contribution in [0.15, 0.2) is 60.3 Å². The lowest BCUT2D eigenvalue weighted by molar-refractivity contribution is 0.497. The average Bonchev–Trinajstić information content (AvgIpc) is 3.09. The third kappa shape index (κ3) is 4.18. The molecular formula is C15H11ClN4O3S. The lowest BCUT2D eigenvalue weighted by Gasteiger charge is -2.04. The zero-order valence-electron chi connectivity index (χ0n) is 12.2. The smallest absolute Gasteiger partial charge is 0.332 e. The van der Waals surface area contributed by atoms with E-state index in [1.165, 1.54) is 29.2 Å². The number of benzene rings is 2. The number of hydrogen-bond donors (Lipinski definition) is 0. The first-order valence-corrected chi connectivity index (χ1v) is 8.58. The Morgan fingerprint density at radius 2 is 1.75 bits per heavy atom. The SMILES string of the molecule is O=S(=O)(/C=C/c1ccc(Cl)cc1)Oc1ccc(-n2cnnn2)cc1. The van der Waals surface area contributed by atoms with Gasteiger partial charge in [0.2, 0.25) is 0 Å². The van der Waals surface area contributed by atoms with Crippen molar-refractivity contribution >= 4 is 27.8 Å². The highest BCUT2D eigenvalue weighted by molar-refractivity contribution is 7.90. The maximum absolute atomic E-state index is 12.0. The van der Waals surface area contributed by atoms with Crippen LogP contribution in [0.3, 0.4) is 0 Å². The Kier molecular flexibility index (Phi) is 4.59. The van der Waals surface area contributed by atoms with Crippen LogP contribution in [0.1, 0.15) is 5.56 Å². The lowest BCUT2D eigenvalue weighted by atomic mass is 10.2. The standard InChI is InChI=1S/C15H11ClN4O3S/c16-13-3-1-12(2-4-13)9-10-24(21,22)23-15-7-5-14(6-8-15)20-11-17-18-19-20/h1-11H/b10-9+. The molecule has 24 heavy (non-hydrogen) atoms. The largest absolute Gasteiger partial charge is 0.379 e. The molecule has 0 aliphatic carbocycles. The van der Waals surface area contributed by atoms with Crippen molar-refractivity contribution in [3.8, 4) is 11.4 Å². The highest BCUT2D eigenvalue weighted by atomic mass is 35.5. The Bertz CT molecular complexity index is 937. The Hall–Kier alpha value is -2.71. The second-order valence-corrected chi connectivity index (χ2v) is 6.54. The third-order valence-electron chi connectivity index (χ3n) is 2.96. The van der Waals surface area contributed by atoms with Crippen LogP contribution in [0.25, 0.3) is 11.8 Å². The number of rotatable bonds is 5. The van der Waals surface area contributed by atoms with Gasteiger partial charge in [-0.2, -0.15) is 8.42 Å². The van der Waals surface area contributed by atoms with Crippen LogP contribution in [-0.4, -0.2) is 28.6 Å². The van der Waals surface area contributed by atoms with Crippen LogP contribution < -0.4 is 4.18 Å². The highest BCUT2D eigenvalue weighted by Gasteiger charge is 2.08. The summed E-state index contributed by atoms with van der Waals surface area (Å²) in [5, 5.41) is 12.4. The molecule has 0 saturated heterocycles. The van der Waals surface area contributed by atoms with E-state index in [1.54, 1.807) is 36.4 Å². The van der Waals surface area contributed by atoms with Gasteiger partial charge in [0.25, 0.3) is 0 Å². The van der Waals surface area contributed by atoms with Gasteiger partial charge in [-0.05, 0) is 58.5 Å². The maximum Gasteiger partial charge on any atom is 0.332 e. The Labute approximate surface area is 143 Å². The molecular weight excluding hydrogens is 352 g/mol. The van der Waals surface area contributed by atoms with E-state index in [-0.39, 0.29) is 5.75 Å². The first kappa shape index (κ1) is 16.2. The summed E-state index contributed by atoms with van der Waals surface area (Å²) in [6, 6.07) is 13.1. The van der Waals surface area contributed by atoms with Crippen LogP contribution in [0.2, 0.25) is 5.02 Å². The van der Waals surface area contributed by atoms with Gasteiger partial charge in [-0.25, -0.2) is 4.68 Å². The molecule has 0 atom stereocenters. The first-order chi connectivity index (χ1) is 11.5. The predicted octanol–water partition coefficient (Wildman–Crippen LogP) is 2.70. The summed E-state index contributed by atoms with van der Waals surface area (Å²) in [7, 11) is -3.87. The van der Waals surface area contributed by atoms with Crippen molar-refractivity contribution in [3.05, 3.63) is 70.9 Å². The van der Waals surface area contributed by atoms with Crippen molar-refractivity contribution < 1.29 is 12.6 Å². The molecule has 1 aromatic heterocycles. The minimum atomic E-state index is -3.87. The van der Waals surface area contributed by atoms with Crippen LogP contribution in [0, 0.1) is 0 Å². The van der Waals surface area contributed by atoms with Gasteiger partial charge in [0.1, 0.15) is 12.1 Å². The molecule has 0 saturated carbocycles. The molecule has 3 rings (SSSR count). The van der Waals surface area contributed by atoms with Crippen LogP contribution >= 0.6 is 11.6 Å². The van der Waals surface area contributed by atoms with Crippen LogP contribution in [-0.2, 0) is 10.1 Å². The molecule has 0 N–H and O–H groups in total. The van der Waals surface area contributed by atoms with Gasteiger partial charge in [-0.3, -0.25) is 0 Å². The van der Waals surface area contributed by atoms with E-state index in [4.69, 9.17) is 15.8 Å². The highest BCUT2D eigenvalue weighted by Crippen LogP contribution is 2.17. The molecule has 0 aliphatic heterocycles. The summed E-state index contributed by atoms with van der Waals surface area (Å²) < 4.78 is 30.4. The Morgan fingerprint density at radius 1 is 1.04 bits per heavy atom. The van der Waals surface area contributed by atoms with E-state index in [9.17, 15) is 8.42 Å². The van der Waals surface area contributed by atoms with Crippen molar-refractivity contribution in [3.63, 3.8) is 0 Å². The minimum absolute atomic E-state index is 0.188. The van der Waals surface area contributed by atoms with E-state index in [1.807, 2.05) is 0 Å². The number of aromatic nitrogens is 4. The molecule has 2 aromatic carbocycles. The van der Waals surface area contributed by atoms with Gasteiger partial charge in [0, 0.05) is 5.02 Å². The molecule has 0 spiro atoms. The zero-order chi connectivity index (χ0) is 17.0. The molecule has 0 amide bonds. The number of tetrazole rings is 1. The molecule has 0 radical (unpaired) electrons. The van der Waals surface area contributed by atoms with E-state index >= 15 is 0 Å². The third-order valence-corrected chi connectivity index (χ3v) is 4.11. The number of hydrogen-bond acceptors (Lipinski definition) is 6. The second kappa shape index (κ2) is 6.81. The predicted molar refractivity (Wildman–Crippen MR) is 89.2 cm³/mol. The number of nitrogens with zero attached hydrogens (tertiary/aromatic N) is 4. The summed E-state index contributed by atoms with van der Waals surface area (Å²) in [5.41, 5.74) is 1.38. The van der Waals surface area contributed by atoms with E-state index in [0.717, 1.165) is 5.41 Å². The Morgan fingerprint density at radius 3 is 2.38 bits per heavy atom. The normalized spacial score (nSPS) is 11.7. The van der Waals surface area contributed by atoms with E-state index in [2.05, 4.69) is 15.5 Å². The fourth-order valence-electron chi connectivity index (χ4n) is 1.83. The molecule has 122 valence electrons. The van der Waals surface area contributed by atoms with Crippen LogP contribution in [0.5, 0.6) is 5.75 Å². The van der Waals surface area contributed by atoms with Crippen molar-refractivity contribution in [2.75, 3.05) is 0 Å². The first-order valence-electron chi connectivity index (χ1n) is 6.73. The summed E-state index contributed by atoms with van der Waals surface area (Å²) in [4.78, 5) is 0. The van der Waals surface area contributed by atoms with E-state index in [0.29, 0.717) is 16.3 Å². The molecule has 0 unspecified atom stereocenters. The van der Waals surface area contributed by atoms with Gasteiger partial charge in [0.05, 0.1) is 11.1 Å². The molecule has 7 nitrogen and oxygen atoms in total. The van der Waals surface area contributed by atoms with Gasteiger partial charge in [-0.1, -0.05) is 23.7 Å². The van der Waals surface area contributed by atoms with Crippen LogP contribution in [0.4, 0.5) is 0 Å². The monoisotopic (exact) mass is 362 g/mol. The summed E-state index contributed by atoms with van der Waals surface area (Å²) in [6.07, 6.45) is 2.86.